The van der Waals surface area contributed by atoms with Crippen LogP contribution in [0.3, 0.4) is 0 Å². The molecule has 3 atom stereocenters. The highest BCUT2D eigenvalue weighted by atomic mass is 32.1. The van der Waals surface area contributed by atoms with E-state index in [2.05, 4.69) is 53.7 Å². The van der Waals surface area contributed by atoms with Crippen LogP contribution in [0.15, 0.2) is 54.7 Å². The minimum Gasteiger partial charge on any atom is -0.393 e. The molecule has 0 bridgehead atoms. The van der Waals surface area contributed by atoms with Crippen molar-refractivity contribution in [1.29, 1.82) is 0 Å². The number of carbonyl (C=O) groups is 1. The van der Waals surface area contributed by atoms with Gasteiger partial charge >= 0.3 is 0 Å². The molecule has 2 aromatic heterocycles. The van der Waals surface area contributed by atoms with Crippen LogP contribution in [0.1, 0.15) is 58.6 Å². The third-order valence-electron chi connectivity index (χ3n) is 6.86. The number of fused-ring (bicyclic) bond motifs is 1. The van der Waals surface area contributed by atoms with Gasteiger partial charge in [0.05, 0.1) is 23.9 Å². The number of thiophene rings is 1. The first kappa shape index (κ1) is 22.8. The number of primary amides is 1. The zero-order valence-corrected chi connectivity index (χ0v) is 20.3. The largest absolute Gasteiger partial charge is 0.393 e. The topological polar surface area (TPSA) is 93.2 Å². The van der Waals surface area contributed by atoms with E-state index in [1.54, 1.807) is 11.3 Å². The number of amides is 1. The van der Waals surface area contributed by atoms with Crippen LogP contribution >= 0.6 is 11.3 Å². The highest BCUT2D eigenvalue weighted by Crippen LogP contribution is 2.32. The average Bonchev–Trinajstić information content (AvgIpc) is 3.56. The van der Waals surface area contributed by atoms with E-state index in [9.17, 15) is 9.90 Å². The lowest BCUT2D eigenvalue weighted by Gasteiger charge is -2.16. The molecular weight excluding hydrogens is 444 g/mol. The Hall–Kier alpha value is -3.00. The highest BCUT2D eigenvalue weighted by Gasteiger charge is 2.22. The van der Waals surface area contributed by atoms with Gasteiger partial charge in [-0.15, -0.1) is 11.3 Å². The predicted octanol–water partition coefficient (Wildman–Crippen LogP) is 4.78. The molecule has 1 aliphatic carbocycles. The van der Waals surface area contributed by atoms with Crippen LogP contribution in [0.5, 0.6) is 0 Å². The summed E-state index contributed by atoms with van der Waals surface area (Å²) in [4.78, 5) is 14.4. The molecule has 0 radical (unpaired) electrons. The number of hydrogen-bond acceptors (Lipinski definition) is 5. The number of nitrogens with zero attached hydrogens (tertiary/aromatic N) is 2. The fourth-order valence-corrected chi connectivity index (χ4v) is 5.85. The van der Waals surface area contributed by atoms with Crippen molar-refractivity contribution in [1.82, 2.24) is 15.1 Å². The van der Waals surface area contributed by atoms with Crippen molar-refractivity contribution < 1.29 is 9.90 Å². The third kappa shape index (κ3) is 4.51. The van der Waals surface area contributed by atoms with Crippen molar-refractivity contribution >= 4 is 28.1 Å². The van der Waals surface area contributed by atoms with Gasteiger partial charge in [0, 0.05) is 33.3 Å². The molecule has 1 amide bonds. The zero-order chi connectivity index (χ0) is 23.8. The Kier molecular flexibility index (Phi) is 6.25. The average molecular weight is 475 g/mol. The number of aromatic nitrogens is 2. The first-order valence-electron chi connectivity index (χ1n) is 11.8. The zero-order valence-electron chi connectivity index (χ0n) is 19.5. The van der Waals surface area contributed by atoms with E-state index in [-0.39, 0.29) is 12.1 Å². The highest BCUT2D eigenvalue weighted by molar-refractivity contribution is 7.15. The molecular formula is C27H30N4O2S. The van der Waals surface area contributed by atoms with Gasteiger partial charge in [-0.3, -0.25) is 9.48 Å². The minimum absolute atomic E-state index is 0.00391. The third-order valence-corrected chi connectivity index (χ3v) is 7.99. The molecule has 0 saturated heterocycles. The van der Waals surface area contributed by atoms with Crippen LogP contribution in [0.4, 0.5) is 0 Å². The molecule has 5 rings (SSSR count). The van der Waals surface area contributed by atoms with Gasteiger partial charge in [-0.1, -0.05) is 18.2 Å². The fourth-order valence-electron chi connectivity index (χ4n) is 4.89. The summed E-state index contributed by atoms with van der Waals surface area (Å²) in [6.07, 6.45) is 4.48. The standard InChI is InChI=1S/C27H30N4O2S/c1-16-10-20-14-30-31(25(20)13-24(16)27(28)33)17(2)18-4-3-5-19(11-18)26-9-8-23(34-26)15-29-21-6-7-22(32)12-21/h3-5,8-11,13-14,17,21-22,29,32H,6-7,12,15H2,1-2H3,(H2,28,33)/t17-,21+,22-/m1/s1. The molecule has 0 unspecified atom stereocenters. The smallest absolute Gasteiger partial charge is 0.249 e. The number of rotatable bonds is 7. The van der Waals surface area contributed by atoms with Gasteiger partial charge < -0.3 is 16.2 Å². The maximum atomic E-state index is 11.9. The van der Waals surface area contributed by atoms with E-state index in [1.807, 2.05) is 29.9 Å². The molecule has 1 saturated carbocycles. The van der Waals surface area contributed by atoms with Crippen LogP contribution in [-0.2, 0) is 6.54 Å². The second-order valence-corrected chi connectivity index (χ2v) is 10.5. The first-order valence-corrected chi connectivity index (χ1v) is 12.6. The number of aryl methyl sites for hydroxylation is 1. The summed E-state index contributed by atoms with van der Waals surface area (Å²) < 4.78 is 1.96. The lowest BCUT2D eigenvalue weighted by atomic mass is 10.0. The van der Waals surface area contributed by atoms with Crippen LogP contribution < -0.4 is 11.1 Å². The summed E-state index contributed by atoms with van der Waals surface area (Å²) in [6, 6.07) is 17.2. The van der Waals surface area contributed by atoms with Gasteiger partial charge in [-0.05, 0) is 80.1 Å². The summed E-state index contributed by atoms with van der Waals surface area (Å²) >= 11 is 1.80. The summed E-state index contributed by atoms with van der Waals surface area (Å²) in [5.74, 6) is -0.422. The lowest BCUT2D eigenvalue weighted by Crippen LogP contribution is -2.25. The summed E-state index contributed by atoms with van der Waals surface area (Å²) in [7, 11) is 0. The number of nitrogens with two attached hydrogens (primary N) is 1. The molecule has 7 heteroatoms. The number of aliphatic hydroxyl groups excluding tert-OH is 1. The summed E-state index contributed by atoms with van der Waals surface area (Å²) in [5, 5.41) is 18.9. The number of benzene rings is 2. The molecule has 4 N–H and O–H groups in total. The Morgan fingerprint density at radius 1 is 1.26 bits per heavy atom. The second-order valence-electron chi connectivity index (χ2n) is 9.29. The maximum absolute atomic E-state index is 11.9. The van der Waals surface area contributed by atoms with Gasteiger partial charge in [0.25, 0.3) is 0 Å². The van der Waals surface area contributed by atoms with Crippen molar-refractivity contribution in [3.63, 3.8) is 0 Å². The molecule has 1 fully saturated rings. The van der Waals surface area contributed by atoms with Crippen molar-refractivity contribution in [2.75, 3.05) is 0 Å². The number of hydrogen-bond donors (Lipinski definition) is 3. The van der Waals surface area contributed by atoms with Gasteiger partial charge in [-0.25, -0.2) is 0 Å². The quantitative estimate of drug-likeness (QED) is 0.359. The molecule has 2 aromatic carbocycles. The first-order chi connectivity index (χ1) is 16.4. The second kappa shape index (κ2) is 9.33. The molecule has 34 heavy (non-hydrogen) atoms. The van der Waals surface area contributed by atoms with Crippen LogP contribution in [0, 0.1) is 6.92 Å². The van der Waals surface area contributed by atoms with Gasteiger partial charge in [0.15, 0.2) is 0 Å². The fraction of sp³-hybridized carbons (Fsp3) is 0.333. The van der Waals surface area contributed by atoms with Crippen molar-refractivity contribution in [3.8, 4) is 10.4 Å². The monoisotopic (exact) mass is 474 g/mol. The van der Waals surface area contributed by atoms with E-state index in [1.165, 1.54) is 15.3 Å². The van der Waals surface area contributed by atoms with Crippen LogP contribution in [-0.4, -0.2) is 32.9 Å². The van der Waals surface area contributed by atoms with E-state index in [4.69, 9.17) is 5.73 Å². The SMILES string of the molecule is Cc1cc2cnn([C@H](C)c3cccc(-c4ccc(CN[C@H]5CC[C@@H](O)C5)s4)c3)c2cc1C(N)=O. The van der Waals surface area contributed by atoms with E-state index in [0.29, 0.717) is 11.6 Å². The Labute approximate surface area is 203 Å². The Balaban J connectivity index is 1.37. The molecule has 176 valence electrons. The molecule has 6 nitrogen and oxygen atoms in total. The van der Waals surface area contributed by atoms with Crippen molar-refractivity contribution in [2.24, 2.45) is 5.73 Å². The minimum atomic E-state index is -0.422. The van der Waals surface area contributed by atoms with Crippen LogP contribution in [0.2, 0.25) is 0 Å². The van der Waals surface area contributed by atoms with E-state index < -0.39 is 5.91 Å². The van der Waals surface area contributed by atoms with Crippen LogP contribution in [0.25, 0.3) is 21.3 Å². The van der Waals surface area contributed by atoms with E-state index in [0.717, 1.165) is 47.8 Å². The number of carbonyl (C=O) groups excluding carboxylic acids is 1. The lowest BCUT2D eigenvalue weighted by molar-refractivity contribution is 0.1000. The van der Waals surface area contributed by atoms with Crippen molar-refractivity contribution in [3.05, 3.63) is 76.3 Å². The molecule has 1 aliphatic rings. The van der Waals surface area contributed by atoms with Gasteiger partial charge in [0.1, 0.15) is 0 Å². The Morgan fingerprint density at radius 3 is 2.88 bits per heavy atom. The Morgan fingerprint density at radius 2 is 2.12 bits per heavy atom. The molecule has 0 spiro atoms. The van der Waals surface area contributed by atoms with Gasteiger partial charge in [0.2, 0.25) is 5.91 Å². The Bertz CT molecular complexity index is 1340. The number of nitrogens with one attached hydrogen (secondary N) is 1. The predicted molar refractivity (Wildman–Crippen MR) is 137 cm³/mol. The summed E-state index contributed by atoms with van der Waals surface area (Å²) in [6.45, 7) is 4.85. The molecule has 4 aromatic rings. The molecule has 0 aliphatic heterocycles. The maximum Gasteiger partial charge on any atom is 0.249 e. The molecule has 2 heterocycles. The van der Waals surface area contributed by atoms with Crippen molar-refractivity contribution in [2.45, 2.75) is 57.8 Å². The van der Waals surface area contributed by atoms with E-state index >= 15 is 0 Å². The normalized spacial score (nSPS) is 19.0. The number of aliphatic hydroxyl groups is 1. The van der Waals surface area contributed by atoms with Gasteiger partial charge in [-0.2, -0.15) is 5.10 Å². The summed E-state index contributed by atoms with van der Waals surface area (Å²) in [5.41, 5.74) is 10.2.